The van der Waals surface area contributed by atoms with Gasteiger partial charge >= 0.3 is 0 Å². The highest BCUT2D eigenvalue weighted by molar-refractivity contribution is 5.22. The Kier molecular flexibility index (Phi) is 12.8. The molecule has 1 rings (SSSR count). The van der Waals surface area contributed by atoms with E-state index in [1.54, 1.807) is 0 Å². The average molecular weight is 465 g/mol. The second-order valence-electron chi connectivity index (χ2n) is 8.89. The maximum absolute atomic E-state index is 14.2. The van der Waals surface area contributed by atoms with Gasteiger partial charge in [-0.15, -0.1) is 0 Å². The number of aryl methyl sites for hydroxylation is 1. The molecule has 0 aromatic heterocycles. The van der Waals surface area contributed by atoms with Crippen LogP contribution in [0.25, 0.3) is 0 Å². The highest BCUT2D eigenvalue weighted by Crippen LogP contribution is 2.36. The van der Waals surface area contributed by atoms with Crippen molar-refractivity contribution in [2.75, 3.05) is 7.11 Å². The molecule has 0 heterocycles. The van der Waals surface area contributed by atoms with E-state index in [2.05, 4.69) is 6.92 Å². The van der Waals surface area contributed by atoms with Gasteiger partial charge in [0.25, 0.3) is 5.97 Å². The first-order valence-electron chi connectivity index (χ1n) is 11.8. The largest absolute Gasteiger partial charge is 0.331 e. The number of hydrogen-bond donors (Lipinski definition) is 0. The summed E-state index contributed by atoms with van der Waals surface area (Å²) < 4.78 is 72.9. The summed E-state index contributed by atoms with van der Waals surface area (Å²) in [5.74, 6) is -8.05. The monoisotopic (exact) mass is 464 g/mol. The second-order valence-corrected chi connectivity index (χ2v) is 8.89. The van der Waals surface area contributed by atoms with Gasteiger partial charge in [0.1, 0.15) is 0 Å². The van der Waals surface area contributed by atoms with Crippen LogP contribution in [-0.2, 0) is 20.6 Å². The first-order chi connectivity index (χ1) is 15.1. The fourth-order valence-electron chi connectivity index (χ4n) is 3.94. The summed E-state index contributed by atoms with van der Waals surface area (Å²) >= 11 is 0. The molecule has 0 saturated heterocycles. The predicted molar refractivity (Wildman–Crippen MR) is 118 cm³/mol. The Morgan fingerprint density at radius 2 is 1.34 bits per heavy atom. The number of unbranched alkanes of at least 4 members (excludes halogenated alkanes) is 5. The van der Waals surface area contributed by atoms with E-state index < -0.39 is 29.2 Å². The number of ether oxygens (including phenoxy) is 3. The molecule has 0 bridgehead atoms. The zero-order chi connectivity index (χ0) is 24.3. The van der Waals surface area contributed by atoms with Gasteiger partial charge in [0.15, 0.2) is 23.3 Å². The molecular formula is C25H40F4O3. The van der Waals surface area contributed by atoms with Gasteiger partial charge in [-0.3, -0.25) is 0 Å². The normalized spacial score (nSPS) is 13.4. The lowest BCUT2D eigenvalue weighted by atomic mass is 9.90. The third-order valence-electron chi connectivity index (χ3n) is 5.43. The fraction of sp³-hybridized carbons (Fsp3) is 0.760. The van der Waals surface area contributed by atoms with E-state index in [0.29, 0.717) is 12.8 Å². The van der Waals surface area contributed by atoms with Gasteiger partial charge in [0.2, 0.25) is 0 Å². The van der Waals surface area contributed by atoms with E-state index in [-0.39, 0.29) is 30.1 Å². The molecule has 0 spiro atoms. The zero-order valence-corrected chi connectivity index (χ0v) is 20.4. The van der Waals surface area contributed by atoms with Crippen molar-refractivity contribution in [1.82, 2.24) is 0 Å². The van der Waals surface area contributed by atoms with Crippen LogP contribution in [0.4, 0.5) is 17.6 Å². The molecule has 0 amide bonds. The fourth-order valence-corrected chi connectivity index (χ4v) is 3.94. The standard InChI is InChI=1S/C25H40F4O3/c1-7-8-9-10-11-12-13-20(25(30-6,31-17(2)3)32-18(4)5)15-14-19-16-21(26)23(28)24(29)22(19)27/h16-18,20H,7-15H2,1-6H3. The zero-order valence-electron chi connectivity index (χ0n) is 20.4. The second kappa shape index (κ2) is 14.2. The molecule has 0 aliphatic rings. The minimum atomic E-state index is -1.80. The van der Waals surface area contributed by atoms with Crippen LogP contribution in [0, 0.1) is 29.2 Å². The van der Waals surface area contributed by atoms with E-state index in [9.17, 15) is 17.6 Å². The van der Waals surface area contributed by atoms with Gasteiger partial charge in [-0.25, -0.2) is 17.6 Å². The quantitative estimate of drug-likeness (QED) is 0.0825. The summed E-state index contributed by atoms with van der Waals surface area (Å²) in [7, 11) is 1.50. The number of rotatable bonds is 16. The SMILES string of the molecule is CCCCCCCCC(CCc1cc(F)c(F)c(F)c1F)C(OC)(OC(C)C)OC(C)C. The van der Waals surface area contributed by atoms with Gasteiger partial charge in [-0.2, -0.15) is 0 Å². The van der Waals surface area contributed by atoms with Crippen LogP contribution < -0.4 is 0 Å². The summed E-state index contributed by atoms with van der Waals surface area (Å²) in [6.07, 6.45) is 7.09. The lowest BCUT2D eigenvalue weighted by Crippen LogP contribution is -2.49. The van der Waals surface area contributed by atoms with Crippen LogP contribution in [0.2, 0.25) is 0 Å². The highest BCUT2D eigenvalue weighted by atomic mass is 19.2. The van der Waals surface area contributed by atoms with Crippen molar-refractivity contribution < 1.29 is 31.8 Å². The molecule has 0 saturated carbocycles. The Bertz CT molecular complexity index is 670. The Balaban J connectivity index is 3.09. The number of methoxy groups -OCH3 is 1. The van der Waals surface area contributed by atoms with Gasteiger partial charge in [0.05, 0.1) is 12.2 Å². The lowest BCUT2D eigenvalue weighted by molar-refractivity contribution is -0.417. The van der Waals surface area contributed by atoms with Crippen molar-refractivity contribution in [3.05, 3.63) is 34.9 Å². The van der Waals surface area contributed by atoms with Crippen molar-refractivity contribution >= 4 is 0 Å². The summed E-state index contributed by atoms with van der Waals surface area (Å²) in [6, 6.07) is 0.719. The van der Waals surface area contributed by atoms with Crippen LogP contribution >= 0.6 is 0 Å². The van der Waals surface area contributed by atoms with E-state index >= 15 is 0 Å². The van der Waals surface area contributed by atoms with E-state index in [4.69, 9.17) is 14.2 Å². The van der Waals surface area contributed by atoms with Gasteiger partial charge in [0, 0.05) is 13.0 Å². The van der Waals surface area contributed by atoms with Crippen molar-refractivity contribution in [3.63, 3.8) is 0 Å². The van der Waals surface area contributed by atoms with Crippen molar-refractivity contribution in [3.8, 4) is 0 Å². The van der Waals surface area contributed by atoms with Crippen LogP contribution in [0.1, 0.15) is 91.5 Å². The summed E-state index contributed by atoms with van der Waals surface area (Å²) in [5, 5.41) is 0. The van der Waals surface area contributed by atoms with E-state index in [1.807, 2.05) is 27.7 Å². The first-order valence-corrected chi connectivity index (χ1v) is 11.8. The maximum atomic E-state index is 14.2. The van der Waals surface area contributed by atoms with Gasteiger partial charge < -0.3 is 14.2 Å². The average Bonchev–Trinajstić information content (AvgIpc) is 2.73. The molecule has 32 heavy (non-hydrogen) atoms. The van der Waals surface area contributed by atoms with Gasteiger partial charge in [-0.05, 0) is 58.6 Å². The molecular weight excluding hydrogens is 424 g/mol. The van der Waals surface area contributed by atoms with Crippen LogP contribution in [-0.4, -0.2) is 25.3 Å². The van der Waals surface area contributed by atoms with E-state index in [1.165, 1.54) is 20.0 Å². The topological polar surface area (TPSA) is 27.7 Å². The number of halogens is 4. The molecule has 1 atom stereocenters. The van der Waals surface area contributed by atoms with Crippen LogP contribution in [0.5, 0.6) is 0 Å². The molecule has 3 nitrogen and oxygen atoms in total. The minimum absolute atomic E-state index is 0.00548. The highest BCUT2D eigenvalue weighted by Gasteiger charge is 2.43. The van der Waals surface area contributed by atoms with Crippen molar-refractivity contribution in [1.29, 1.82) is 0 Å². The molecule has 0 fully saturated rings. The van der Waals surface area contributed by atoms with Crippen LogP contribution in [0.15, 0.2) is 6.07 Å². The summed E-state index contributed by atoms with van der Waals surface area (Å²) in [5.41, 5.74) is -0.214. The lowest BCUT2D eigenvalue weighted by Gasteiger charge is -2.41. The third-order valence-corrected chi connectivity index (χ3v) is 5.43. The smallest absolute Gasteiger partial charge is 0.286 e. The minimum Gasteiger partial charge on any atom is -0.331 e. The molecule has 0 aliphatic carbocycles. The molecule has 0 radical (unpaired) electrons. The molecule has 7 heteroatoms. The Morgan fingerprint density at radius 1 is 0.781 bits per heavy atom. The summed E-state index contributed by atoms with van der Waals surface area (Å²) in [4.78, 5) is 0. The molecule has 1 unspecified atom stereocenters. The number of benzene rings is 1. The molecule has 1 aromatic carbocycles. The Labute approximate surface area is 190 Å². The van der Waals surface area contributed by atoms with Crippen molar-refractivity contribution in [2.45, 2.75) is 111 Å². The summed E-state index contributed by atoms with van der Waals surface area (Å²) in [6.45, 7) is 9.62. The Hall–Kier alpha value is -1.18. The molecule has 0 N–H and O–H groups in total. The molecule has 1 aromatic rings. The third kappa shape index (κ3) is 8.64. The van der Waals surface area contributed by atoms with Crippen LogP contribution in [0.3, 0.4) is 0 Å². The number of hydrogen-bond acceptors (Lipinski definition) is 3. The predicted octanol–water partition coefficient (Wildman–Crippen LogP) is 7.69. The Morgan fingerprint density at radius 3 is 1.88 bits per heavy atom. The first kappa shape index (κ1) is 28.9. The maximum Gasteiger partial charge on any atom is 0.286 e. The molecule has 0 aliphatic heterocycles. The molecule has 186 valence electrons. The van der Waals surface area contributed by atoms with Gasteiger partial charge in [-0.1, -0.05) is 45.4 Å². The van der Waals surface area contributed by atoms with E-state index in [0.717, 1.165) is 31.7 Å². The van der Waals surface area contributed by atoms with Crippen molar-refractivity contribution in [2.24, 2.45) is 5.92 Å².